The van der Waals surface area contributed by atoms with Gasteiger partial charge >= 0.3 is 0 Å². The van der Waals surface area contributed by atoms with Crippen molar-refractivity contribution >= 4 is 29.2 Å². The lowest BCUT2D eigenvalue weighted by Crippen LogP contribution is -2.52. The number of rotatable bonds is 6. The number of Topliss-reactive ketones (excluding diaryl/α,β-unsaturated/α-hetero) is 1. The van der Waals surface area contributed by atoms with E-state index in [1.165, 1.54) is 10.9 Å². The molecule has 1 saturated heterocycles. The van der Waals surface area contributed by atoms with E-state index in [9.17, 15) is 9.59 Å². The van der Waals surface area contributed by atoms with Crippen molar-refractivity contribution < 1.29 is 9.53 Å². The van der Waals surface area contributed by atoms with Crippen molar-refractivity contribution in [2.75, 3.05) is 6.54 Å². The molecule has 0 bridgehead atoms. The highest BCUT2D eigenvalue weighted by molar-refractivity contribution is 5.85. The normalized spacial score (nSPS) is 18.9. The number of pyridine rings is 1. The number of nitrogens with zero attached hydrogens (tertiary/aromatic N) is 3. The van der Waals surface area contributed by atoms with Crippen LogP contribution in [0.1, 0.15) is 18.4 Å². The molecule has 2 aromatic heterocycles. The zero-order valence-corrected chi connectivity index (χ0v) is 16.7. The third kappa shape index (κ3) is 4.87. The molecule has 3 aromatic rings. The Kier molecular flexibility index (Phi) is 7.09. The monoisotopic (exact) mass is 414 g/mol. The van der Waals surface area contributed by atoms with Gasteiger partial charge in [0.15, 0.2) is 11.3 Å². The van der Waals surface area contributed by atoms with Gasteiger partial charge in [0.25, 0.3) is 5.56 Å². The zero-order valence-electron chi connectivity index (χ0n) is 15.9. The van der Waals surface area contributed by atoms with Gasteiger partial charge in [-0.05, 0) is 37.1 Å². The van der Waals surface area contributed by atoms with Gasteiger partial charge in [-0.3, -0.25) is 14.2 Å². The average Bonchev–Trinajstić information content (AvgIpc) is 2.75. The lowest BCUT2D eigenvalue weighted by atomic mass is 9.97. The summed E-state index contributed by atoms with van der Waals surface area (Å²) in [4.78, 5) is 33.8. The van der Waals surface area contributed by atoms with E-state index < -0.39 is 6.04 Å². The highest BCUT2D eigenvalue weighted by atomic mass is 35.5. The van der Waals surface area contributed by atoms with Gasteiger partial charge in [-0.25, -0.2) is 9.97 Å². The minimum atomic E-state index is -0.441. The second-order valence-corrected chi connectivity index (χ2v) is 6.92. The first kappa shape index (κ1) is 21.1. The summed E-state index contributed by atoms with van der Waals surface area (Å²) in [5, 5.41) is 3.26. The third-order valence-corrected chi connectivity index (χ3v) is 4.97. The Morgan fingerprint density at radius 1 is 1.17 bits per heavy atom. The van der Waals surface area contributed by atoms with Gasteiger partial charge in [-0.1, -0.05) is 30.3 Å². The lowest BCUT2D eigenvalue weighted by Gasteiger charge is -2.31. The van der Waals surface area contributed by atoms with Gasteiger partial charge < -0.3 is 10.1 Å². The summed E-state index contributed by atoms with van der Waals surface area (Å²) in [6.07, 6.45) is 4.50. The Hall–Kier alpha value is -2.61. The van der Waals surface area contributed by atoms with E-state index in [4.69, 9.17) is 4.74 Å². The van der Waals surface area contributed by atoms with Crippen molar-refractivity contribution in [1.82, 2.24) is 19.9 Å². The molecule has 0 aliphatic carbocycles. The summed E-state index contributed by atoms with van der Waals surface area (Å²) in [6.45, 7) is 1.16. The molecular weight excluding hydrogens is 392 g/mol. The molecule has 1 aliphatic heterocycles. The molecule has 4 rings (SSSR count). The number of hydrogen-bond acceptors (Lipinski definition) is 6. The highest BCUT2D eigenvalue weighted by Gasteiger charge is 2.31. The Morgan fingerprint density at radius 3 is 2.83 bits per heavy atom. The van der Waals surface area contributed by atoms with Crippen LogP contribution in [0.2, 0.25) is 0 Å². The molecule has 0 amide bonds. The standard InChI is InChI=1S/C21H22N4O3.ClH/c26-17(12-25-14-24-16-8-4-10-22-19(16)21(25)27)20-18(9-5-11-23-20)28-13-15-6-2-1-3-7-15;/h1-4,6-8,10,14,18,20,23H,5,9,11-13H2;1H/t18-,20+;/m0./s1. The molecule has 152 valence electrons. The molecule has 0 saturated carbocycles. The molecule has 7 nitrogen and oxygen atoms in total. The van der Waals surface area contributed by atoms with Crippen LogP contribution in [0.3, 0.4) is 0 Å². The number of nitrogens with one attached hydrogen (secondary N) is 1. The van der Waals surface area contributed by atoms with Gasteiger partial charge in [0, 0.05) is 6.20 Å². The molecule has 1 N–H and O–H groups in total. The van der Waals surface area contributed by atoms with Gasteiger partial charge in [-0.15, -0.1) is 12.4 Å². The van der Waals surface area contributed by atoms with E-state index >= 15 is 0 Å². The number of fused-ring (bicyclic) bond motifs is 1. The molecule has 0 unspecified atom stereocenters. The molecule has 1 fully saturated rings. The van der Waals surface area contributed by atoms with Crippen LogP contribution < -0.4 is 10.9 Å². The largest absolute Gasteiger partial charge is 0.371 e. The Labute approximate surface area is 174 Å². The van der Waals surface area contributed by atoms with Crippen LogP contribution in [-0.4, -0.2) is 39.0 Å². The van der Waals surface area contributed by atoms with Crippen LogP contribution in [0.4, 0.5) is 0 Å². The quantitative estimate of drug-likeness (QED) is 0.665. The lowest BCUT2D eigenvalue weighted by molar-refractivity contribution is -0.127. The van der Waals surface area contributed by atoms with Gasteiger partial charge in [-0.2, -0.15) is 0 Å². The number of carbonyl (C=O) groups is 1. The molecule has 1 aromatic carbocycles. The van der Waals surface area contributed by atoms with Crippen LogP contribution in [0, 0.1) is 0 Å². The molecule has 1 aliphatic rings. The number of carbonyl (C=O) groups excluding carboxylic acids is 1. The highest BCUT2D eigenvalue weighted by Crippen LogP contribution is 2.16. The van der Waals surface area contributed by atoms with Crippen molar-refractivity contribution in [1.29, 1.82) is 0 Å². The van der Waals surface area contributed by atoms with E-state index in [2.05, 4.69) is 15.3 Å². The fourth-order valence-electron chi connectivity index (χ4n) is 3.50. The minimum Gasteiger partial charge on any atom is -0.371 e. The predicted molar refractivity (Wildman–Crippen MR) is 112 cm³/mol. The predicted octanol–water partition coefficient (Wildman–Crippen LogP) is 2.12. The number of hydrogen-bond donors (Lipinski definition) is 1. The Morgan fingerprint density at radius 2 is 2.00 bits per heavy atom. The van der Waals surface area contributed by atoms with E-state index in [-0.39, 0.29) is 41.9 Å². The second kappa shape index (κ2) is 9.73. The molecule has 29 heavy (non-hydrogen) atoms. The van der Waals surface area contributed by atoms with Crippen LogP contribution in [0.15, 0.2) is 59.8 Å². The van der Waals surface area contributed by atoms with Crippen LogP contribution in [0.5, 0.6) is 0 Å². The minimum absolute atomic E-state index is 0. The van der Waals surface area contributed by atoms with Crippen molar-refractivity contribution in [3.8, 4) is 0 Å². The third-order valence-electron chi connectivity index (χ3n) is 4.97. The summed E-state index contributed by atoms with van der Waals surface area (Å²) in [6, 6.07) is 12.9. The van der Waals surface area contributed by atoms with E-state index in [0.29, 0.717) is 12.1 Å². The fourth-order valence-corrected chi connectivity index (χ4v) is 3.50. The first-order chi connectivity index (χ1) is 13.7. The molecule has 0 radical (unpaired) electrons. The first-order valence-corrected chi connectivity index (χ1v) is 9.44. The van der Waals surface area contributed by atoms with Crippen LogP contribution in [-0.2, 0) is 22.7 Å². The maximum absolute atomic E-state index is 12.9. The number of halogens is 1. The SMILES string of the molecule is Cl.O=C(Cn1cnc2cccnc2c1=O)[C@H]1NCCC[C@@H]1OCc1ccccc1. The summed E-state index contributed by atoms with van der Waals surface area (Å²) in [7, 11) is 0. The molecule has 0 spiro atoms. The maximum atomic E-state index is 12.9. The summed E-state index contributed by atoms with van der Waals surface area (Å²) in [5.41, 5.74) is 1.55. The number of ether oxygens (including phenoxy) is 1. The van der Waals surface area contributed by atoms with Crippen LogP contribution in [0.25, 0.3) is 11.0 Å². The Bertz CT molecular complexity index is 1030. The zero-order chi connectivity index (χ0) is 19.3. The van der Waals surface area contributed by atoms with Gasteiger partial charge in [0.1, 0.15) is 0 Å². The molecule has 8 heteroatoms. The number of aromatic nitrogens is 3. The second-order valence-electron chi connectivity index (χ2n) is 6.92. The van der Waals surface area contributed by atoms with E-state index in [1.807, 2.05) is 30.3 Å². The van der Waals surface area contributed by atoms with Gasteiger partial charge in [0.2, 0.25) is 0 Å². The average molecular weight is 415 g/mol. The number of benzene rings is 1. The van der Waals surface area contributed by atoms with Crippen molar-refractivity contribution in [3.05, 3.63) is 70.9 Å². The topological polar surface area (TPSA) is 86.1 Å². The van der Waals surface area contributed by atoms with E-state index in [0.717, 1.165) is 24.9 Å². The van der Waals surface area contributed by atoms with E-state index in [1.54, 1.807) is 18.3 Å². The molecule has 2 atom stereocenters. The van der Waals surface area contributed by atoms with Crippen molar-refractivity contribution in [2.24, 2.45) is 0 Å². The summed E-state index contributed by atoms with van der Waals surface area (Å²) >= 11 is 0. The number of ketones is 1. The van der Waals surface area contributed by atoms with Crippen LogP contribution >= 0.6 is 12.4 Å². The Balaban J connectivity index is 0.00000240. The summed E-state index contributed by atoms with van der Waals surface area (Å²) in [5.74, 6) is -0.0862. The maximum Gasteiger partial charge on any atom is 0.280 e. The first-order valence-electron chi connectivity index (χ1n) is 9.44. The van der Waals surface area contributed by atoms with Crippen molar-refractivity contribution in [3.63, 3.8) is 0 Å². The molecule has 3 heterocycles. The van der Waals surface area contributed by atoms with Crippen molar-refractivity contribution in [2.45, 2.75) is 38.1 Å². The molecular formula is C21H23ClN4O3. The smallest absolute Gasteiger partial charge is 0.280 e. The summed E-state index contributed by atoms with van der Waals surface area (Å²) < 4.78 is 7.36. The fraction of sp³-hybridized carbons (Fsp3) is 0.333. The number of piperidine rings is 1. The van der Waals surface area contributed by atoms with Gasteiger partial charge in [0.05, 0.1) is 37.1 Å².